The lowest BCUT2D eigenvalue weighted by Gasteiger charge is -2.15. The van der Waals surface area contributed by atoms with Crippen molar-refractivity contribution in [1.29, 1.82) is 0 Å². The van der Waals surface area contributed by atoms with Crippen LogP contribution in [0.3, 0.4) is 0 Å². The number of nitrogen functional groups attached to an aromatic ring is 1. The number of benzene rings is 2. The van der Waals surface area contributed by atoms with E-state index in [4.69, 9.17) is 5.84 Å². The van der Waals surface area contributed by atoms with E-state index in [0.717, 1.165) is 5.56 Å². The topological polar surface area (TPSA) is 117 Å². The molecule has 1 heterocycles. The summed E-state index contributed by atoms with van der Waals surface area (Å²) < 4.78 is 1.27. The Morgan fingerprint density at radius 2 is 1.88 bits per heavy atom. The smallest absolute Gasteiger partial charge is 0.269 e. The van der Waals surface area contributed by atoms with Gasteiger partial charge < -0.3 is 5.84 Å². The number of hydrogen-bond donors (Lipinski definition) is 1. The Morgan fingerprint density at radius 1 is 1.19 bits per heavy atom. The minimum atomic E-state index is -0.461. The van der Waals surface area contributed by atoms with Crippen LogP contribution < -0.4 is 5.84 Å². The van der Waals surface area contributed by atoms with Crippen molar-refractivity contribution in [2.45, 2.75) is 16.8 Å². The van der Waals surface area contributed by atoms with Gasteiger partial charge in [-0.15, -0.1) is 10.2 Å². The van der Waals surface area contributed by atoms with Crippen molar-refractivity contribution in [3.05, 3.63) is 82.2 Å². The fourth-order valence-corrected chi connectivity index (χ4v) is 3.44. The molecule has 3 rings (SSSR count). The molecule has 0 fully saturated rings. The third-order valence-corrected chi connectivity index (χ3v) is 4.96. The Balaban J connectivity index is 1.87. The third-order valence-electron chi connectivity index (χ3n) is 3.73. The fourth-order valence-electron chi connectivity index (χ4n) is 2.39. The highest BCUT2D eigenvalue weighted by Crippen LogP contribution is 2.37. The summed E-state index contributed by atoms with van der Waals surface area (Å²) in [5.41, 5.74) is 1.37. The highest BCUT2D eigenvalue weighted by atomic mass is 32.2. The van der Waals surface area contributed by atoms with Crippen molar-refractivity contribution in [3.8, 4) is 0 Å². The number of nitro benzene ring substituents is 1. The van der Waals surface area contributed by atoms with Crippen molar-refractivity contribution in [2.24, 2.45) is 0 Å². The van der Waals surface area contributed by atoms with Crippen molar-refractivity contribution in [1.82, 2.24) is 14.9 Å². The van der Waals surface area contributed by atoms with Crippen LogP contribution in [0.15, 0.2) is 66.1 Å². The van der Waals surface area contributed by atoms with Gasteiger partial charge in [0.1, 0.15) is 6.33 Å². The molecule has 0 aliphatic rings. The number of carbonyl (C=O) groups excluding carboxylic acids is 1. The Kier molecular flexibility index (Phi) is 5.28. The molecule has 8 nitrogen and oxygen atoms in total. The number of non-ortho nitro benzene ring substituents is 1. The molecule has 1 unspecified atom stereocenters. The second-order valence-electron chi connectivity index (χ2n) is 5.47. The normalized spacial score (nSPS) is 11.8. The molecule has 0 aliphatic carbocycles. The molecule has 26 heavy (non-hydrogen) atoms. The quantitative estimate of drug-likeness (QED) is 0.224. The molecule has 1 atom stereocenters. The summed E-state index contributed by atoms with van der Waals surface area (Å²) in [6.45, 7) is 0. The highest BCUT2D eigenvalue weighted by Gasteiger charge is 2.21. The summed E-state index contributed by atoms with van der Waals surface area (Å²) in [4.78, 5) is 23.0. The lowest BCUT2D eigenvalue weighted by atomic mass is 10.0. The molecule has 0 amide bonds. The number of carbonyl (C=O) groups is 1. The lowest BCUT2D eigenvalue weighted by Crippen LogP contribution is -2.10. The number of nitrogens with two attached hydrogens (primary N) is 1. The van der Waals surface area contributed by atoms with E-state index in [9.17, 15) is 14.9 Å². The minimum absolute atomic E-state index is 0.00567. The van der Waals surface area contributed by atoms with E-state index in [1.54, 1.807) is 36.4 Å². The van der Waals surface area contributed by atoms with Gasteiger partial charge in [-0.25, -0.2) is 4.68 Å². The van der Waals surface area contributed by atoms with E-state index in [1.807, 2.05) is 6.07 Å². The molecule has 2 N–H and O–H groups in total. The molecule has 0 spiro atoms. The predicted molar refractivity (Wildman–Crippen MR) is 97.3 cm³/mol. The fraction of sp³-hybridized carbons (Fsp3) is 0.118. The highest BCUT2D eigenvalue weighted by molar-refractivity contribution is 7.99. The number of Topliss-reactive ketones (excluding diaryl/α,β-unsaturated/α-hetero) is 1. The van der Waals surface area contributed by atoms with Crippen LogP contribution in [0.1, 0.15) is 27.6 Å². The zero-order valence-electron chi connectivity index (χ0n) is 13.6. The van der Waals surface area contributed by atoms with Gasteiger partial charge in [0.15, 0.2) is 5.78 Å². The number of nitrogens with zero attached hydrogens (tertiary/aromatic N) is 4. The number of aromatic nitrogens is 3. The Bertz CT molecular complexity index is 912. The zero-order valence-corrected chi connectivity index (χ0v) is 14.4. The Morgan fingerprint density at radius 3 is 2.46 bits per heavy atom. The van der Waals surface area contributed by atoms with Crippen LogP contribution in [0, 0.1) is 10.1 Å². The summed E-state index contributed by atoms with van der Waals surface area (Å²) >= 11 is 1.29. The summed E-state index contributed by atoms with van der Waals surface area (Å²) in [6.07, 6.45) is 1.56. The molecule has 9 heteroatoms. The standard InChI is InChI=1S/C17H15N5O3S/c18-21-11-19-20-17(21)26-16(10-15(23)12-4-2-1-3-5-12)13-6-8-14(9-7-13)22(24)25/h1-9,11,16H,10,18H2. The third kappa shape index (κ3) is 4.06. The largest absolute Gasteiger partial charge is 0.336 e. The van der Waals surface area contributed by atoms with Crippen LogP contribution >= 0.6 is 11.8 Å². The maximum absolute atomic E-state index is 12.6. The lowest BCUT2D eigenvalue weighted by molar-refractivity contribution is -0.384. The van der Waals surface area contributed by atoms with E-state index in [-0.39, 0.29) is 23.1 Å². The zero-order chi connectivity index (χ0) is 18.5. The number of nitro groups is 1. The first-order valence-corrected chi connectivity index (χ1v) is 8.57. The first-order chi connectivity index (χ1) is 12.5. The minimum Gasteiger partial charge on any atom is -0.336 e. The van der Waals surface area contributed by atoms with Gasteiger partial charge in [-0.05, 0) is 5.56 Å². The molecule has 0 saturated heterocycles. The van der Waals surface area contributed by atoms with Crippen LogP contribution in [-0.2, 0) is 0 Å². The Labute approximate surface area is 153 Å². The van der Waals surface area contributed by atoms with Crippen molar-refractivity contribution >= 4 is 23.2 Å². The molecule has 0 radical (unpaired) electrons. The van der Waals surface area contributed by atoms with Crippen LogP contribution in [0.4, 0.5) is 5.69 Å². The van der Waals surface area contributed by atoms with E-state index >= 15 is 0 Å². The van der Waals surface area contributed by atoms with Gasteiger partial charge in [0, 0.05) is 29.4 Å². The van der Waals surface area contributed by atoms with Gasteiger partial charge in [-0.3, -0.25) is 14.9 Å². The molecule has 132 valence electrons. The number of thioether (sulfide) groups is 1. The van der Waals surface area contributed by atoms with Gasteiger partial charge in [0.05, 0.1) is 4.92 Å². The van der Waals surface area contributed by atoms with E-state index in [2.05, 4.69) is 10.2 Å². The second-order valence-corrected chi connectivity index (χ2v) is 6.64. The molecule has 0 saturated carbocycles. The van der Waals surface area contributed by atoms with E-state index < -0.39 is 4.92 Å². The summed E-state index contributed by atoms with van der Waals surface area (Å²) in [5.74, 6) is 5.73. The molecule has 2 aromatic carbocycles. The summed E-state index contributed by atoms with van der Waals surface area (Å²) in [6, 6.07) is 15.1. The maximum atomic E-state index is 12.6. The first kappa shape index (κ1) is 17.6. The van der Waals surface area contributed by atoms with Gasteiger partial charge in [-0.2, -0.15) is 0 Å². The first-order valence-electron chi connectivity index (χ1n) is 7.69. The number of hydrogen-bond acceptors (Lipinski definition) is 7. The SMILES string of the molecule is Nn1cnnc1SC(CC(=O)c1ccccc1)c1ccc([N+](=O)[O-])cc1. The molecule has 1 aromatic heterocycles. The van der Waals surface area contributed by atoms with Gasteiger partial charge >= 0.3 is 0 Å². The average Bonchev–Trinajstić information content (AvgIpc) is 3.06. The van der Waals surface area contributed by atoms with Gasteiger partial charge in [-0.1, -0.05) is 54.2 Å². The van der Waals surface area contributed by atoms with Crippen LogP contribution in [0.5, 0.6) is 0 Å². The van der Waals surface area contributed by atoms with Gasteiger partial charge in [0.2, 0.25) is 5.16 Å². The van der Waals surface area contributed by atoms with Crippen LogP contribution in [-0.4, -0.2) is 25.6 Å². The van der Waals surface area contributed by atoms with Crippen molar-refractivity contribution < 1.29 is 9.72 Å². The predicted octanol–water partition coefficient (Wildman–Crippen LogP) is 3.01. The number of rotatable bonds is 7. The van der Waals surface area contributed by atoms with Crippen molar-refractivity contribution in [2.75, 3.05) is 5.84 Å². The molecule has 0 bridgehead atoms. The Hall–Kier alpha value is -3.20. The summed E-state index contributed by atoms with van der Waals surface area (Å²) in [5, 5.41) is 18.7. The molecular formula is C17H15N5O3S. The second kappa shape index (κ2) is 7.79. The van der Waals surface area contributed by atoms with Crippen LogP contribution in [0.2, 0.25) is 0 Å². The monoisotopic (exact) mass is 369 g/mol. The van der Waals surface area contributed by atoms with Crippen LogP contribution in [0.25, 0.3) is 0 Å². The molecule has 3 aromatic rings. The average molecular weight is 369 g/mol. The number of ketones is 1. The summed E-state index contributed by atoms with van der Waals surface area (Å²) in [7, 11) is 0. The molecular weight excluding hydrogens is 354 g/mol. The van der Waals surface area contributed by atoms with E-state index in [0.29, 0.717) is 10.7 Å². The molecule has 0 aliphatic heterocycles. The maximum Gasteiger partial charge on any atom is 0.269 e. The van der Waals surface area contributed by atoms with E-state index in [1.165, 1.54) is 34.9 Å². The van der Waals surface area contributed by atoms with Crippen molar-refractivity contribution in [3.63, 3.8) is 0 Å². The van der Waals surface area contributed by atoms with Gasteiger partial charge in [0.25, 0.3) is 5.69 Å².